The number of hydrogen-bond donors (Lipinski definition) is 0. The van der Waals surface area contributed by atoms with Crippen LogP contribution in [-0.4, -0.2) is 19.5 Å². The van der Waals surface area contributed by atoms with Gasteiger partial charge in [0.25, 0.3) is 0 Å². The van der Waals surface area contributed by atoms with Crippen LogP contribution in [-0.2, 0) is 0 Å². The van der Waals surface area contributed by atoms with Gasteiger partial charge in [0.15, 0.2) is 17.5 Å². The molecule has 5 nitrogen and oxygen atoms in total. The molecule has 0 bridgehead atoms. The molecule has 9 aromatic carbocycles. The third-order valence-electron chi connectivity index (χ3n) is 12.7. The Morgan fingerprint density at radius 2 is 1.02 bits per heavy atom. The van der Waals surface area contributed by atoms with Crippen LogP contribution in [0.4, 0.5) is 0 Å². The summed E-state index contributed by atoms with van der Waals surface area (Å²) in [4.78, 5) is 15.5. The normalized spacial score (nSPS) is 13.2. The molecule has 1 unspecified atom stereocenters. The van der Waals surface area contributed by atoms with Crippen molar-refractivity contribution in [1.29, 1.82) is 0 Å². The first-order valence-corrected chi connectivity index (χ1v) is 21.4. The van der Waals surface area contributed by atoms with Crippen LogP contribution in [0.3, 0.4) is 0 Å². The summed E-state index contributed by atoms with van der Waals surface area (Å²) in [5, 5.41) is 4.59. The van der Waals surface area contributed by atoms with Gasteiger partial charge in [-0.3, -0.25) is 0 Å². The van der Waals surface area contributed by atoms with Crippen molar-refractivity contribution in [3.63, 3.8) is 0 Å². The van der Waals surface area contributed by atoms with Crippen molar-refractivity contribution in [2.45, 2.75) is 5.92 Å². The smallest absolute Gasteiger partial charge is 0.164 e. The summed E-state index contributed by atoms with van der Waals surface area (Å²) >= 11 is 0. The molecule has 63 heavy (non-hydrogen) atoms. The quantitative estimate of drug-likeness (QED) is 0.168. The van der Waals surface area contributed by atoms with Crippen LogP contribution in [0.5, 0.6) is 0 Å². The lowest BCUT2D eigenvalue weighted by molar-refractivity contribution is 0.669. The number of aromatic nitrogens is 4. The average Bonchev–Trinajstić information content (AvgIpc) is 4.02. The highest BCUT2D eigenvalue weighted by Crippen LogP contribution is 2.52. The maximum atomic E-state index is 6.55. The average molecular weight is 805 g/mol. The van der Waals surface area contributed by atoms with Gasteiger partial charge in [-0.15, -0.1) is 0 Å². The van der Waals surface area contributed by atoms with Gasteiger partial charge in [0.05, 0.1) is 11.0 Å². The Labute approximate surface area is 363 Å². The van der Waals surface area contributed by atoms with Gasteiger partial charge in [-0.1, -0.05) is 176 Å². The number of para-hydroxylation sites is 1. The van der Waals surface area contributed by atoms with Crippen molar-refractivity contribution in [3.05, 3.63) is 229 Å². The number of fused-ring (bicyclic) bond motifs is 10. The molecule has 1 atom stereocenters. The maximum absolute atomic E-state index is 6.55. The molecule has 294 valence electrons. The van der Waals surface area contributed by atoms with Gasteiger partial charge >= 0.3 is 0 Å². The van der Waals surface area contributed by atoms with Crippen LogP contribution in [0.25, 0.3) is 106 Å². The van der Waals surface area contributed by atoms with E-state index >= 15 is 0 Å². The molecule has 13 rings (SSSR count). The fraction of sp³-hybridized carbons (Fsp3) is 0.0172. The lowest BCUT2D eigenvalue weighted by atomic mass is 9.89. The molecule has 12 aromatic rings. The first kappa shape index (κ1) is 35.4. The molecule has 0 N–H and O–H groups in total. The van der Waals surface area contributed by atoms with E-state index in [1.807, 2.05) is 42.5 Å². The summed E-state index contributed by atoms with van der Waals surface area (Å²) in [6.45, 7) is 0. The summed E-state index contributed by atoms with van der Waals surface area (Å²) in [7, 11) is 0. The van der Waals surface area contributed by atoms with E-state index in [9.17, 15) is 0 Å². The molecule has 5 heteroatoms. The van der Waals surface area contributed by atoms with Crippen LogP contribution in [0.15, 0.2) is 217 Å². The fourth-order valence-corrected chi connectivity index (χ4v) is 9.97. The zero-order valence-corrected chi connectivity index (χ0v) is 34.0. The van der Waals surface area contributed by atoms with Gasteiger partial charge in [-0.05, 0) is 69.8 Å². The summed E-state index contributed by atoms with van der Waals surface area (Å²) < 4.78 is 8.99. The third kappa shape index (κ3) is 5.60. The number of benzene rings is 9. The first-order chi connectivity index (χ1) is 31.2. The molecule has 0 saturated carbocycles. The summed E-state index contributed by atoms with van der Waals surface area (Å²) in [6, 6.07) is 75.0. The second kappa shape index (κ2) is 14.1. The standard InChI is InChI=1S/C58H36N4O/c1-4-16-36(17-5-1)42-27-15-29-50-53(42)47-31-30-40(35-51(47)63-50)58-60-56(38-20-8-3-9-21-38)59-57(61-58)39-22-14-23-41(34-39)62-49-28-13-12-24-43(49)46-32-33-48-52(37-18-6-2-7-19-37)44-25-10-11-26-45(44)54(48)55(46)62/h1-35,52H. The van der Waals surface area contributed by atoms with E-state index in [2.05, 4.69) is 174 Å². The van der Waals surface area contributed by atoms with Gasteiger partial charge in [-0.2, -0.15) is 0 Å². The molecular weight excluding hydrogens is 769 g/mol. The molecule has 3 heterocycles. The van der Waals surface area contributed by atoms with E-state index in [-0.39, 0.29) is 5.92 Å². The molecule has 3 aromatic heterocycles. The number of furan rings is 1. The zero-order valence-electron chi connectivity index (χ0n) is 34.0. The highest BCUT2D eigenvalue weighted by Gasteiger charge is 2.33. The highest BCUT2D eigenvalue weighted by atomic mass is 16.3. The summed E-state index contributed by atoms with van der Waals surface area (Å²) in [6.07, 6.45) is 0. The molecule has 0 radical (unpaired) electrons. The third-order valence-corrected chi connectivity index (χ3v) is 12.7. The predicted molar refractivity (Wildman–Crippen MR) is 256 cm³/mol. The van der Waals surface area contributed by atoms with Crippen molar-refractivity contribution < 1.29 is 4.42 Å². The van der Waals surface area contributed by atoms with Gasteiger partial charge in [0.1, 0.15) is 11.2 Å². The Kier molecular flexibility index (Phi) is 7.90. The van der Waals surface area contributed by atoms with Crippen LogP contribution in [0.1, 0.15) is 22.6 Å². The molecular formula is C58H36N4O. The van der Waals surface area contributed by atoms with Crippen LogP contribution < -0.4 is 0 Å². The molecule has 0 aliphatic heterocycles. The summed E-state index contributed by atoms with van der Waals surface area (Å²) in [5.41, 5.74) is 16.5. The van der Waals surface area contributed by atoms with E-state index in [1.165, 1.54) is 44.1 Å². The molecule has 0 amide bonds. The maximum Gasteiger partial charge on any atom is 0.164 e. The van der Waals surface area contributed by atoms with Gasteiger partial charge in [0.2, 0.25) is 0 Å². The molecule has 1 aliphatic rings. The Morgan fingerprint density at radius 3 is 1.83 bits per heavy atom. The minimum Gasteiger partial charge on any atom is -0.456 e. The van der Waals surface area contributed by atoms with Crippen molar-refractivity contribution in [1.82, 2.24) is 19.5 Å². The van der Waals surface area contributed by atoms with Crippen molar-refractivity contribution >= 4 is 43.7 Å². The van der Waals surface area contributed by atoms with Crippen LogP contribution in [0.2, 0.25) is 0 Å². The molecule has 0 saturated heterocycles. The van der Waals surface area contributed by atoms with E-state index < -0.39 is 0 Å². The van der Waals surface area contributed by atoms with Gasteiger partial charge in [0, 0.05) is 55.4 Å². The predicted octanol–water partition coefficient (Wildman–Crippen LogP) is 14.7. The Hall–Kier alpha value is -8.41. The minimum atomic E-state index is 0.143. The number of nitrogens with zero attached hydrogens (tertiary/aromatic N) is 4. The lowest BCUT2D eigenvalue weighted by Gasteiger charge is -2.15. The van der Waals surface area contributed by atoms with Gasteiger partial charge < -0.3 is 8.98 Å². The molecule has 0 spiro atoms. The Balaban J connectivity index is 0.996. The summed E-state index contributed by atoms with van der Waals surface area (Å²) in [5.74, 6) is 1.92. The minimum absolute atomic E-state index is 0.143. The highest BCUT2D eigenvalue weighted by molar-refractivity contribution is 6.16. The Morgan fingerprint density at radius 1 is 0.397 bits per heavy atom. The van der Waals surface area contributed by atoms with Crippen molar-refractivity contribution in [2.24, 2.45) is 0 Å². The second-order valence-corrected chi connectivity index (χ2v) is 16.3. The fourth-order valence-electron chi connectivity index (χ4n) is 9.97. The van der Waals surface area contributed by atoms with E-state index in [1.54, 1.807) is 0 Å². The monoisotopic (exact) mass is 804 g/mol. The number of rotatable bonds is 6. The SMILES string of the molecule is c1ccc(-c2nc(-c3cccc(-n4c5ccccc5c5ccc6c(c54)-c4ccccc4C6c4ccccc4)c3)nc(-c3ccc4c(c3)oc3cccc(-c5ccccc5)c34)n2)cc1. The van der Waals surface area contributed by atoms with Crippen LogP contribution in [0, 0.1) is 0 Å². The first-order valence-electron chi connectivity index (χ1n) is 21.4. The van der Waals surface area contributed by atoms with E-state index in [4.69, 9.17) is 19.4 Å². The Bertz CT molecular complexity index is 3740. The molecule has 1 aliphatic carbocycles. The van der Waals surface area contributed by atoms with Crippen molar-refractivity contribution in [2.75, 3.05) is 0 Å². The largest absolute Gasteiger partial charge is 0.456 e. The zero-order chi connectivity index (χ0) is 41.4. The van der Waals surface area contributed by atoms with Gasteiger partial charge in [-0.25, -0.2) is 15.0 Å². The topological polar surface area (TPSA) is 56.7 Å². The lowest BCUT2D eigenvalue weighted by Crippen LogP contribution is -2.01. The van der Waals surface area contributed by atoms with E-state index in [0.29, 0.717) is 17.5 Å². The number of hydrogen-bond acceptors (Lipinski definition) is 4. The van der Waals surface area contributed by atoms with E-state index in [0.717, 1.165) is 61.0 Å². The van der Waals surface area contributed by atoms with Crippen LogP contribution >= 0.6 is 0 Å². The van der Waals surface area contributed by atoms with Crippen molar-refractivity contribution in [3.8, 4) is 62.1 Å². The molecule has 0 fully saturated rings. The second-order valence-electron chi connectivity index (χ2n) is 16.3.